The molecule has 8 nitrogen and oxygen atoms in total. The number of rotatable bonds is 4. The molecular weight excluding hydrogens is 356 g/mol. The molecule has 0 amide bonds. The van der Waals surface area contributed by atoms with E-state index in [0.717, 1.165) is 13.1 Å². The summed E-state index contributed by atoms with van der Waals surface area (Å²) in [6.07, 6.45) is 2.57. The SMILES string of the molecule is CN=C(c1cccc(C#N)c1)c1ncn(CC2(O)CCN(C)CC2)c(=O)c1N. The van der Waals surface area contributed by atoms with E-state index in [1.165, 1.54) is 10.9 Å². The van der Waals surface area contributed by atoms with E-state index in [1.54, 1.807) is 31.3 Å². The fraction of sp³-hybridized carbons (Fsp3) is 0.400. The van der Waals surface area contributed by atoms with Crippen molar-refractivity contribution in [3.8, 4) is 6.07 Å². The quantitative estimate of drug-likeness (QED) is 0.750. The fourth-order valence-corrected chi connectivity index (χ4v) is 3.42. The van der Waals surface area contributed by atoms with Gasteiger partial charge in [0, 0.05) is 25.7 Å². The van der Waals surface area contributed by atoms with Crippen molar-refractivity contribution in [1.82, 2.24) is 14.5 Å². The zero-order chi connectivity index (χ0) is 20.3. The summed E-state index contributed by atoms with van der Waals surface area (Å²) in [5, 5.41) is 19.9. The van der Waals surface area contributed by atoms with Crippen LogP contribution in [0, 0.1) is 11.3 Å². The average Bonchev–Trinajstić information content (AvgIpc) is 2.70. The van der Waals surface area contributed by atoms with Gasteiger partial charge >= 0.3 is 0 Å². The lowest BCUT2D eigenvalue weighted by atomic mass is 9.91. The number of aromatic nitrogens is 2. The highest BCUT2D eigenvalue weighted by atomic mass is 16.3. The first kappa shape index (κ1) is 19.7. The predicted octanol–water partition coefficient (Wildman–Crippen LogP) is 0.621. The number of hydrogen-bond acceptors (Lipinski definition) is 7. The van der Waals surface area contributed by atoms with Gasteiger partial charge in [-0.05, 0) is 32.0 Å². The van der Waals surface area contributed by atoms with E-state index in [2.05, 4.69) is 20.9 Å². The Labute approximate surface area is 163 Å². The third-order valence-corrected chi connectivity index (χ3v) is 5.17. The largest absolute Gasteiger partial charge is 0.392 e. The van der Waals surface area contributed by atoms with Crippen molar-refractivity contribution in [2.45, 2.75) is 25.0 Å². The van der Waals surface area contributed by atoms with Gasteiger partial charge in [0.25, 0.3) is 5.56 Å². The number of aliphatic imine (C=N–C) groups is 1. The smallest absolute Gasteiger partial charge is 0.277 e. The van der Waals surface area contributed by atoms with Crippen molar-refractivity contribution < 1.29 is 5.11 Å². The van der Waals surface area contributed by atoms with Crippen molar-refractivity contribution in [3.05, 3.63) is 57.8 Å². The number of aliphatic hydroxyl groups is 1. The molecule has 1 saturated heterocycles. The normalized spacial score (nSPS) is 17.3. The van der Waals surface area contributed by atoms with Crippen molar-refractivity contribution in [1.29, 1.82) is 5.26 Å². The minimum Gasteiger partial charge on any atom is -0.392 e. The Morgan fingerprint density at radius 2 is 2.14 bits per heavy atom. The van der Waals surface area contributed by atoms with Crippen LogP contribution in [-0.2, 0) is 6.54 Å². The van der Waals surface area contributed by atoms with Crippen LogP contribution in [0.5, 0.6) is 0 Å². The molecule has 2 aromatic rings. The van der Waals surface area contributed by atoms with Gasteiger partial charge in [-0.15, -0.1) is 0 Å². The number of nitrogens with zero attached hydrogens (tertiary/aromatic N) is 5. The summed E-state index contributed by atoms with van der Waals surface area (Å²) < 4.78 is 1.36. The lowest BCUT2D eigenvalue weighted by Crippen LogP contribution is -2.47. The molecule has 0 aliphatic carbocycles. The van der Waals surface area contributed by atoms with Crippen LogP contribution in [0.2, 0.25) is 0 Å². The monoisotopic (exact) mass is 380 g/mol. The van der Waals surface area contributed by atoms with Crippen LogP contribution in [0.15, 0.2) is 40.4 Å². The lowest BCUT2D eigenvalue weighted by molar-refractivity contribution is -0.0299. The number of likely N-dealkylation sites (tertiary alicyclic amines) is 1. The summed E-state index contributed by atoms with van der Waals surface area (Å²) in [4.78, 5) is 23.6. The summed E-state index contributed by atoms with van der Waals surface area (Å²) in [7, 11) is 3.59. The van der Waals surface area contributed by atoms with E-state index in [1.807, 2.05) is 7.05 Å². The van der Waals surface area contributed by atoms with Gasteiger partial charge in [0.2, 0.25) is 0 Å². The van der Waals surface area contributed by atoms with Crippen molar-refractivity contribution in [3.63, 3.8) is 0 Å². The number of hydrogen-bond donors (Lipinski definition) is 2. The van der Waals surface area contributed by atoms with Crippen molar-refractivity contribution in [2.24, 2.45) is 4.99 Å². The van der Waals surface area contributed by atoms with Crippen molar-refractivity contribution in [2.75, 3.05) is 32.9 Å². The molecule has 1 aromatic heterocycles. The first-order chi connectivity index (χ1) is 13.4. The molecule has 1 aromatic carbocycles. The van der Waals surface area contributed by atoms with E-state index >= 15 is 0 Å². The molecule has 0 bridgehead atoms. The van der Waals surface area contributed by atoms with Gasteiger partial charge in [-0.2, -0.15) is 5.26 Å². The molecule has 1 aliphatic heterocycles. The molecule has 8 heteroatoms. The van der Waals surface area contributed by atoms with E-state index in [4.69, 9.17) is 11.0 Å². The van der Waals surface area contributed by atoms with Crippen molar-refractivity contribution >= 4 is 11.4 Å². The van der Waals surface area contributed by atoms with Gasteiger partial charge in [-0.3, -0.25) is 14.4 Å². The van der Waals surface area contributed by atoms with Crippen LogP contribution >= 0.6 is 0 Å². The van der Waals surface area contributed by atoms with Crippen LogP contribution < -0.4 is 11.3 Å². The molecule has 3 rings (SSSR count). The van der Waals surface area contributed by atoms with E-state index in [0.29, 0.717) is 29.7 Å². The first-order valence-electron chi connectivity index (χ1n) is 9.10. The Hall–Kier alpha value is -3.02. The Kier molecular flexibility index (Phi) is 5.58. The summed E-state index contributed by atoms with van der Waals surface area (Å²) >= 11 is 0. The molecular formula is C20H24N6O2. The lowest BCUT2D eigenvalue weighted by Gasteiger charge is -2.36. The maximum absolute atomic E-state index is 12.8. The molecule has 146 valence electrons. The minimum atomic E-state index is -0.950. The van der Waals surface area contributed by atoms with Gasteiger partial charge in [0.05, 0.1) is 35.8 Å². The second-order valence-corrected chi connectivity index (χ2v) is 7.23. The average molecular weight is 380 g/mol. The van der Waals surface area contributed by atoms with Gasteiger partial charge in [0.15, 0.2) is 0 Å². The molecule has 28 heavy (non-hydrogen) atoms. The van der Waals surface area contributed by atoms with Gasteiger partial charge in [-0.1, -0.05) is 12.1 Å². The van der Waals surface area contributed by atoms with Crippen LogP contribution in [0.25, 0.3) is 0 Å². The number of nitrogen functional groups attached to an aromatic ring is 1. The first-order valence-corrected chi connectivity index (χ1v) is 9.10. The fourth-order valence-electron chi connectivity index (χ4n) is 3.42. The Balaban J connectivity index is 1.93. The van der Waals surface area contributed by atoms with Crippen LogP contribution in [0.3, 0.4) is 0 Å². The van der Waals surface area contributed by atoms with Gasteiger partial charge in [0.1, 0.15) is 11.4 Å². The molecule has 0 radical (unpaired) electrons. The Morgan fingerprint density at radius 1 is 1.43 bits per heavy atom. The van der Waals surface area contributed by atoms with Gasteiger partial charge < -0.3 is 15.7 Å². The zero-order valence-electron chi connectivity index (χ0n) is 16.1. The number of anilines is 1. The zero-order valence-corrected chi connectivity index (χ0v) is 16.1. The second kappa shape index (κ2) is 7.92. The maximum atomic E-state index is 12.8. The summed E-state index contributed by atoms with van der Waals surface area (Å²) in [5.41, 5.74) is 6.58. The molecule has 0 atom stereocenters. The minimum absolute atomic E-state index is 0.0259. The highest BCUT2D eigenvalue weighted by Crippen LogP contribution is 2.23. The topological polar surface area (TPSA) is 121 Å². The Morgan fingerprint density at radius 3 is 2.79 bits per heavy atom. The molecule has 0 unspecified atom stereocenters. The highest BCUT2D eigenvalue weighted by molar-refractivity contribution is 6.14. The van der Waals surface area contributed by atoms with Crippen LogP contribution in [0.1, 0.15) is 29.7 Å². The third-order valence-electron chi connectivity index (χ3n) is 5.17. The van der Waals surface area contributed by atoms with E-state index in [9.17, 15) is 9.90 Å². The van der Waals surface area contributed by atoms with Crippen LogP contribution in [-0.4, -0.2) is 58.1 Å². The second-order valence-electron chi connectivity index (χ2n) is 7.23. The van der Waals surface area contributed by atoms with E-state index in [-0.39, 0.29) is 17.9 Å². The Bertz CT molecular complexity index is 996. The molecule has 3 N–H and O–H groups in total. The molecule has 1 aliphatic rings. The number of piperidine rings is 1. The maximum Gasteiger partial charge on any atom is 0.277 e. The summed E-state index contributed by atoms with van der Waals surface area (Å²) in [6.45, 7) is 1.70. The molecule has 1 fully saturated rings. The molecule has 0 saturated carbocycles. The molecule has 0 spiro atoms. The number of nitrogens with two attached hydrogens (primary N) is 1. The third kappa shape index (κ3) is 3.96. The predicted molar refractivity (Wildman–Crippen MR) is 107 cm³/mol. The van der Waals surface area contributed by atoms with Crippen LogP contribution in [0.4, 0.5) is 5.69 Å². The number of nitriles is 1. The van der Waals surface area contributed by atoms with Gasteiger partial charge in [-0.25, -0.2) is 4.98 Å². The number of benzene rings is 1. The summed E-state index contributed by atoms with van der Waals surface area (Å²) in [6, 6.07) is 8.98. The summed E-state index contributed by atoms with van der Waals surface area (Å²) in [5.74, 6) is 0. The standard InChI is InChI=1S/C20H24N6O2/c1-23-17(15-5-3-4-14(10-15)11-21)18-16(22)19(27)26(13-24-18)12-20(28)6-8-25(2)9-7-20/h3-5,10,13,28H,6-9,12,22H2,1-2H3. The molecule has 2 heterocycles. The van der Waals surface area contributed by atoms with E-state index < -0.39 is 11.2 Å². The highest BCUT2D eigenvalue weighted by Gasteiger charge is 2.32.